The molecule has 13 nitrogen and oxygen atoms in total. The average Bonchev–Trinajstić information content (AvgIpc) is 3.03. The predicted molar refractivity (Wildman–Crippen MR) is 176 cm³/mol. The van der Waals surface area contributed by atoms with Crippen LogP contribution in [0.4, 0.5) is 30.4 Å². The lowest BCUT2D eigenvalue weighted by molar-refractivity contribution is -0.137. The molecule has 0 aliphatic carbocycles. The van der Waals surface area contributed by atoms with Crippen LogP contribution in [0.1, 0.15) is 40.8 Å². The minimum atomic E-state index is -4.60. The summed E-state index contributed by atoms with van der Waals surface area (Å²) < 4.78 is 40.9. The first kappa shape index (κ1) is 35.9. The Bertz CT molecular complexity index is 1920. The van der Waals surface area contributed by atoms with Gasteiger partial charge in [0.05, 0.1) is 28.2 Å². The summed E-state index contributed by atoms with van der Waals surface area (Å²) in [5.41, 5.74) is -0.305. The lowest BCUT2D eigenvalue weighted by Crippen LogP contribution is -2.34. The highest BCUT2D eigenvalue weighted by atomic mass is 35.5. The molecule has 0 unspecified atom stereocenters. The van der Waals surface area contributed by atoms with Crippen molar-refractivity contribution in [2.24, 2.45) is 0 Å². The molecule has 4 aromatic rings. The maximum atomic E-state index is 14.0. The Labute approximate surface area is 279 Å². The van der Waals surface area contributed by atoms with Gasteiger partial charge in [-0.3, -0.25) is 14.4 Å². The van der Waals surface area contributed by atoms with Crippen LogP contribution in [-0.4, -0.2) is 87.6 Å². The predicted octanol–water partition coefficient (Wildman–Crippen LogP) is 4.13. The quantitative estimate of drug-likeness (QED) is 0.235. The standard InChI is InChI=1S/C31H35ClF3N9O4/c1-7-21-26(42(5)11-8-12-43(6)30(48)25-27(46)17(2)37-16-38-25)28(47)24-29(36-14-22(40-24)41(3)4)44(21)15-23(45)39-20-10-9-18(13-19(20)32)31(33,34)35/h9-10,13-14,16,46H,7-8,11-12,15H2,1-6H3,(H,39,45). The zero-order valence-corrected chi connectivity index (χ0v) is 27.9. The summed E-state index contributed by atoms with van der Waals surface area (Å²) in [6, 6.07) is 2.62. The molecule has 48 heavy (non-hydrogen) atoms. The molecule has 3 heterocycles. The van der Waals surface area contributed by atoms with Gasteiger partial charge in [-0.05, 0) is 38.0 Å². The molecule has 0 fully saturated rings. The van der Waals surface area contributed by atoms with Crippen LogP contribution in [0.5, 0.6) is 5.75 Å². The van der Waals surface area contributed by atoms with Crippen LogP contribution in [0, 0.1) is 6.92 Å². The number of hydrogen-bond acceptors (Lipinski definition) is 10. The molecular weight excluding hydrogens is 655 g/mol. The van der Waals surface area contributed by atoms with E-state index in [2.05, 4.69) is 25.3 Å². The second kappa shape index (κ2) is 14.4. The Kier molecular flexibility index (Phi) is 10.8. The Morgan fingerprint density at radius 2 is 1.79 bits per heavy atom. The first-order valence-electron chi connectivity index (χ1n) is 14.8. The highest BCUT2D eigenvalue weighted by Crippen LogP contribution is 2.34. The monoisotopic (exact) mass is 689 g/mol. The van der Waals surface area contributed by atoms with Gasteiger partial charge in [-0.15, -0.1) is 0 Å². The average molecular weight is 690 g/mol. The molecule has 1 aromatic carbocycles. The lowest BCUT2D eigenvalue weighted by atomic mass is 10.1. The van der Waals surface area contributed by atoms with E-state index in [0.717, 1.165) is 18.2 Å². The zero-order chi connectivity index (χ0) is 35.5. The van der Waals surface area contributed by atoms with E-state index in [1.165, 1.54) is 17.4 Å². The van der Waals surface area contributed by atoms with Crippen LogP contribution >= 0.6 is 11.6 Å². The number of benzene rings is 1. The normalized spacial score (nSPS) is 11.5. The molecule has 2 amide bonds. The van der Waals surface area contributed by atoms with Gasteiger partial charge in [-0.2, -0.15) is 13.2 Å². The number of pyridine rings is 1. The smallest absolute Gasteiger partial charge is 0.416 e. The van der Waals surface area contributed by atoms with Gasteiger partial charge in [-0.1, -0.05) is 18.5 Å². The van der Waals surface area contributed by atoms with Crippen LogP contribution in [-0.2, 0) is 23.9 Å². The van der Waals surface area contributed by atoms with Gasteiger partial charge in [0.2, 0.25) is 11.3 Å². The third-order valence-corrected chi connectivity index (χ3v) is 7.93. The van der Waals surface area contributed by atoms with Crippen molar-refractivity contribution in [3.63, 3.8) is 0 Å². The number of nitrogens with zero attached hydrogens (tertiary/aromatic N) is 8. The van der Waals surface area contributed by atoms with E-state index in [0.29, 0.717) is 30.9 Å². The molecule has 3 aromatic heterocycles. The molecule has 2 N–H and O–H groups in total. The fourth-order valence-corrected chi connectivity index (χ4v) is 5.28. The van der Waals surface area contributed by atoms with E-state index < -0.39 is 29.0 Å². The SMILES string of the molecule is CCc1c(N(C)CCCN(C)C(=O)c2ncnc(C)c2O)c(=O)c2nc(N(C)C)cnc2n1CC(=O)Nc1ccc(C(F)(F)F)cc1Cl. The van der Waals surface area contributed by atoms with Crippen LogP contribution in [0.15, 0.2) is 35.5 Å². The fourth-order valence-electron chi connectivity index (χ4n) is 5.05. The Morgan fingerprint density at radius 1 is 1.08 bits per heavy atom. The number of rotatable bonds is 11. The van der Waals surface area contributed by atoms with Crippen molar-refractivity contribution < 1.29 is 27.9 Å². The maximum absolute atomic E-state index is 14.0. The molecule has 0 radical (unpaired) electrons. The summed E-state index contributed by atoms with van der Waals surface area (Å²) in [6.45, 7) is 3.59. The van der Waals surface area contributed by atoms with Crippen molar-refractivity contribution in [1.82, 2.24) is 29.4 Å². The Hall–Kier alpha value is -4.99. The number of aryl methyl sites for hydroxylation is 1. The fraction of sp³-hybridized carbons (Fsp3) is 0.387. The van der Waals surface area contributed by atoms with Crippen LogP contribution in [0.25, 0.3) is 11.2 Å². The number of nitrogens with one attached hydrogen (secondary N) is 1. The third kappa shape index (κ3) is 7.59. The van der Waals surface area contributed by atoms with E-state index in [-0.39, 0.29) is 57.8 Å². The molecule has 0 spiro atoms. The summed E-state index contributed by atoms with van der Waals surface area (Å²) in [7, 11) is 6.76. The molecule has 0 aliphatic heterocycles. The van der Waals surface area contributed by atoms with Gasteiger partial charge in [0.25, 0.3) is 5.91 Å². The zero-order valence-electron chi connectivity index (χ0n) is 27.2. The first-order valence-corrected chi connectivity index (χ1v) is 15.2. The first-order chi connectivity index (χ1) is 22.5. The lowest BCUT2D eigenvalue weighted by Gasteiger charge is -2.26. The molecule has 0 aliphatic rings. The number of anilines is 3. The van der Waals surface area contributed by atoms with E-state index in [1.54, 1.807) is 49.5 Å². The van der Waals surface area contributed by atoms with E-state index >= 15 is 0 Å². The van der Waals surface area contributed by atoms with Gasteiger partial charge < -0.3 is 29.7 Å². The number of carbonyl (C=O) groups is 2. The number of halogens is 4. The second-order valence-electron chi connectivity index (χ2n) is 11.3. The van der Waals surface area contributed by atoms with Crippen LogP contribution < -0.4 is 20.5 Å². The number of hydrogen-bond donors (Lipinski definition) is 2. The number of fused-ring (bicyclic) bond motifs is 1. The van der Waals surface area contributed by atoms with Gasteiger partial charge in [0.1, 0.15) is 24.4 Å². The molecule has 0 saturated heterocycles. The van der Waals surface area contributed by atoms with Crippen molar-refractivity contribution >= 4 is 51.8 Å². The molecule has 4 rings (SSSR count). The summed E-state index contributed by atoms with van der Waals surface area (Å²) >= 11 is 6.07. The van der Waals surface area contributed by atoms with Crippen LogP contribution in [0.3, 0.4) is 0 Å². The van der Waals surface area contributed by atoms with Crippen LogP contribution in [0.2, 0.25) is 5.02 Å². The second-order valence-corrected chi connectivity index (χ2v) is 11.7. The maximum Gasteiger partial charge on any atom is 0.416 e. The molecule has 0 saturated carbocycles. The number of aromatic nitrogens is 5. The topological polar surface area (TPSA) is 150 Å². The van der Waals surface area contributed by atoms with Crippen molar-refractivity contribution in [2.45, 2.75) is 39.4 Å². The molecule has 256 valence electrons. The number of aromatic hydroxyl groups is 1. The highest BCUT2D eigenvalue weighted by molar-refractivity contribution is 6.33. The molecule has 17 heteroatoms. The van der Waals surface area contributed by atoms with Gasteiger partial charge in [0, 0.05) is 47.0 Å². The number of carbonyl (C=O) groups excluding carboxylic acids is 2. The van der Waals surface area contributed by atoms with E-state index in [9.17, 15) is 32.7 Å². The Balaban J connectivity index is 1.65. The number of alkyl halides is 3. The highest BCUT2D eigenvalue weighted by Gasteiger charge is 2.31. The minimum Gasteiger partial charge on any atom is -0.504 e. The van der Waals surface area contributed by atoms with Gasteiger partial charge in [-0.25, -0.2) is 19.9 Å². The van der Waals surface area contributed by atoms with Crippen molar-refractivity contribution in [1.29, 1.82) is 0 Å². The Morgan fingerprint density at radius 3 is 2.42 bits per heavy atom. The minimum absolute atomic E-state index is 0.0134. The third-order valence-electron chi connectivity index (χ3n) is 7.61. The van der Waals surface area contributed by atoms with Gasteiger partial charge >= 0.3 is 6.18 Å². The number of amides is 2. The summed E-state index contributed by atoms with van der Waals surface area (Å²) in [6.07, 6.45) is -1.21. The molecule has 0 bridgehead atoms. The van der Waals surface area contributed by atoms with E-state index in [1.807, 2.05) is 6.92 Å². The summed E-state index contributed by atoms with van der Waals surface area (Å²) in [4.78, 5) is 61.8. The van der Waals surface area contributed by atoms with Gasteiger partial charge in [0.15, 0.2) is 22.6 Å². The van der Waals surface area contributed by atoms with Crippen molar-refractivity contribution in [3.05, 3.63) is 68.6 Å². The molecule has 0 atom stereocenters. The molecular formula is C31H35ClF3N9O4. The van der Waals surface area contributed by atoms with E-state index in [4.69, 9.17) is 11.6 Å². The summed E-state index contributed by atoms with van der Waals surface area (Å²) in [5, 5.41) is 12.5. The van der Waals surface area contributed by atoms with Crippen molar-refractivity contribution in [3.8, 4) is 5.75 Å². The largest absolute Gasteiger partial charge is 0.504 e. The summed E-state index contributed by atoms with van der Waals surface area (Å²) in [5.74, 6) is -0.993. The van der Waals surface area contributed by atoms with Crippen molar-refractivity contribution in [2.75, 3.05) is 56.4 Å².